The van der Waals surface area contributed by atoms with Crippen LogP contribution in [-0.4, -0.2) is 28.9 Å². The monoisotopic (exact) mass is 407 g/mol. The van der Waals surface area contributed by atoms with Gasteiger partial charge < -0.3 is 9.80 Å². The lowest BCUT2D eigenvalue weighted by molar-refractivity contribution is -0.141. The predicted molar refractivity (Wildman–Crippen MR) is 99.7 cm³/mol. The van der Waals surface area contributed by atoms with Crippen LogP contribution in [0.1, 0.15) is 34.4 Å². The summed E-state index contributed by atoms with van der Waals surface area (Å²) < 4.78 is 52.8. The third kappa shape index (κ3) is 3.68. The number of hydrogen-bond donors (Lipinski definition) is 0. The standard InChI is InChI=1S/C21H21F4N3O/c1-12-5-13(2)20(22)17-11-28(10-16(12)17)19(29)6-14-8-27(9-14)15-3-4-26-18(7-15)21(23,24)25/h3-5,7,14H,6,8-11H2,1-2H3. The highest BCUT2D eigenvalue weighted by Gasteiger charge is 2.36. The molecule has 1 aromatic heterocycles. The first-order chi connectivity index (χ1) is 13.6. The Morgan fingerprint density at radius 3 is 2.52 bits per heavy atom. The average Bonchev–Trinajstić information content (AvgIpc) is 3.08. The van der Waals surface area contributed by atoms with Gasteiger partial charge >= 0.3 is 6.18 Å². The lowest BCUT2D eigenvalue weighted by atomic mass is 9.95. The van der Waals surface area contributed by atoms with Crippen molar-refractivity contribution in [2.45, 2.75) is 39.5 Å². The molecule has 4 rings (SSSR count). The number of amides is 1. The number of alkyl halides is 3. The number of anilines is 1. The minimum Gasteiger partial charge on any atom is -0.371 e. The Kier molecular flexibility index (Phi) is 4.75. The van der Waals surface area contributed by atoms with Crippen LogP contribution in [0.2, 0.25) is 0 Å². The first kappa shape index (κ1) is 19.7. The van der Waals surface area contributed by atoms with Crippen molar-refractivity contribution in [2.24, 2.45) is 5.92 Å². The van der Waals surface area contributed by atoms with Crippen molar-refractivity contribution in [3.63, 3.8) is 0 Å². The van der Waals surface area contributed by atoms with Crippen molar-refractivity contribution in [1.82, 2.24) is 9.88 Å². The van der Waals surface area contributed by atoms with Crippen LogP contribution < -0.4 is 4.90 Å². The summed E-state index contributed by atoms with van der Waals surface area (Å²) in [5, 5.41) is 0. The van der Waals surface area contributed by atoms with Gasteiger partial charge in [0.05, 0.1) is 0 Å². The van der Waals surface area contributed by atoms with Gasteiger partial charge in [-0.05, 0) is 42.7 Å². The minimum atomic E-state index is -4.48. The zero-order valence-electron chi connectivity index (χ0n) is 16.2. The Morgan fingerprint density at radius 1 is 1.14 bits per heavy atom. The van der Waals surface area contributed by atoms with E-state index in [9.17, 15) is 22.4 Å². The molecule has 0 radical (unpaired) electrons. The summed E-state index contributed by atoms with van der Waals surface area (Å²) in [6.07, 6.45) is -3.02. The van der Waals surface area contributed by atoms with Crippen LogP contribution in [0.15, 0.2) is 24.4 Å². The molecule has 0 bridgehead atoms. The van der Waals surface area contributed by atoms with E-state index in [4.69, 9.17) is 0 Å². The summed E-state index contributed by atoms with van der Waals surface area (Å²) in [6.45, 7) is 5.36. The van der Waals surface area contributed by atoms with Crippen LogP contribution in [0.3, 0.4) is 0 Å². The molecule has 2 aromatic rings. The van der Waals surface area contributed by atoms with Crippen LogP contribution in [0.25, 0.3) is 0 Å². The second kappa shape index (κ2) is 7.00. The minimum absolute atomic E-state index is 0.0481. The number of aromatic nitrogens is 1. The van der Waals surface area contributed by atoms with E-state index in [0.29, 0.717) is 42.9 Å². The second-order valence-electron chi connectivity index (χ2n) is 7.90. The molecule has 3 heterocycles. The number of halogens is 4. The van der Waals surface area contributed by atoms with Crippen molar-refractivity contribution in [1.29, 1.82) is 0 Å². The van der Waals surface area contributed by atoms with Crippen LogP contribution in [0.4, 0.5) is 23.2 Å². The Labute approximate surface area is 166 Å². The van der Waals surface area contributed by atoms with E-state index < -0.39 is 11.9 Å². The van der Waals surface area contributed by atoms with Gasteiger partial charge in [0, 0.05) is 56.0 Å². The van der Waals surface area contributed by atoms with Gasteiger partial charge in [0.1, 0.15) is 11.5 Å². The smallest absolute Gasteiger partial charge is 0.371 e. The maximum absolute atomic E-state index is 14.4. The molecule has 0 saturated carbocycles. The number of aryl methyl sites for hydroxylation is 2. The van der Waals surface area contributed by atoms with Gasteiger partial charge in [-0.3, -0.25) is 9.78 Å². The maximum Gasteiger partial charge on any atom is 0.433 e. The molecule has 0 spiro atoms. The second-order valence-corrected chi connectivity index (χ2v) is 7.90. The highest BCUT2D eigenvalue weighted by Crippen LogP contribution is 2.34. The normalized spacial score (nSPS) is 16.8. The van der Waals surface area contributed by atoms with Crippen molar-refractivity contribution in [3.8, 4) is 0 Å². The van der Waals surface area contributed by atoms with Gasteiger partial charge in [0.2, 0.25) is 5.91 Å². The Bertz CT molecular complexity index is 967. The predicted octanol–water partition coefficient (Wildman–Crippen LogP) is 4.23. The fourth-order valence-electron chi connectivity index (χ4n) is 4.14. The van der Waals surface area contributed by atoms with Gasteiger partial charge in [-0.25, -0.2) is 4.39 Å². The summed E-state index contributed by atoms with van der Waals surface area (Å²) in [6, 6.07) is 4.37. The first-order valence-electron chi connectivity index (χ1n) is 9.47. The summed E-state index contributed by atoms with van der Waals surface area (Å²) >= 11 is 0. The van der Waals surface area contributed by atoms with Crippen LogP contribution >= 0.6 is 0 Å². The van der Waals surface area contributed by atoms with Gasteiger partial charge in [0.15, 0.2) is 0 Å². The highest BCUT2D eigenvalue weighted by atomic mass is 19.4. The van der Waals surface area contributed by atoms with Gasteiger partial charge in [0.25, 0.3) is 0 Å². The molecule has 1 aromatic carbocycles. The molecule has 2 aliphatic heterocycles. The molecule has 1 saturated heterocycles. The molecular weight excluding hydrogens is 386 g/mol. The fraction of sp³-hybridized carbons (Fsp3) is 0.429. The summed E-state index contributed by atoms with van der Waals surface area (Å²) in [5.74, 6) is -0.219. The number of fused-ring (bicyclic) bond motifs is 1. The van der Waals surface area contributed by atoms with Gasteiger partial charge in [-0.15, -0.1) is 0 Å². The van der Waals surface area contributed by atoms with E-state index in [1.807, 2.05) is 6.92 Å². The Balaban J connectivity index is 1.35. The topological polar surface area (TPSA) is 36.4 Å². The largest absolute Gasteiger partial charge is 0.433 e. The number of benzene rings is 1. The van der Waals surface area contributed by atoms with Crippen LogP contribution in [0, 0.1) is 25.6 Å². The molecule has 4 nitrogen and oxygen atoms in total. The van der Waals surface area contributed by atoms with E-state index in [-0.39, 0.29) is 24.2 Å². The number of hydrogen-bond acceptors (Lipinski definition) is 3. The molecule has 0 atom stereocenters. The molecular formula is C21H21F4N3O. The quantitative estimate of drug-likeness (QED) is 0.715. The number of carbonyl (C=O) groups is 1. The zero-order chi connectivity index (χ0) is 20.9. The number of carbonyl (C=O) groups excluding carboxylic acids is 1. The first-order valence-corrected chi connectivity index (χ1v) is 9.47. The van der Waals surface area contributed by atoms with Crippen molar-refractivity contribution < 1.29 is 22.4 Å². The van der Waals surface area contributed by atoms with Crippen LogP contribution in [-0.2, 0) is 24.1 Å². The average molecular weight is 407 g/mol. The molecule has 0 unspecified atom stereocenters. The summed E-state index contributed by atoms with van der Waals surface area (Å²) in [4.78, 5) is 19.5. The molecule has 8 heteroatoms. The fourth-order valence-corrected chi connectivity index (χ4v) is 4.14. The van der Waals surface area contributed by atoms with E-state index >= 15 is 0 Å². The van der Waals surface area contributed by atoms with E-state index in [2.05, 4.69) is 4.98 Å². The Morgan fingerprint density at radius 2 is 1.83 bits per heavy atom. The highest BCUT2D eigenvalue weighted by molar-refractivity contribution is 5.78. The summed E-state index contributed by atoms with van der Waals surface area (Å²) in [5.41, 5.74) is 2.59. The van der Waals surface area contributed by atoms with Crippen LogP contribution in [0.5, 0.6) is 0 Å². The molecule has 154 valence electrons. The van der Waals surface area contributed by atoms with Crippen molar-refractivity contribution in [3.05, 3.63) is 58.2 Å². The number of pyridine rings is 1. The number of nitrogens with zero attached hydrogens (tertiary/aromatic N) is 3. The Hall–Kier alpha value is -2.64. The maximum atomic E-state index is 14.4. The van der Waals surface area contributed by atoms with E-state index in [1.54, 1.807) is 22.8 Å². The SMILES string of the molecule is Cc1cc(C)c2c(c1F)CN(C(=O)CC1CN(c3ccnc(C(F)(F)F)c3)C1)C2. The van der Waals surface area contributed by atoms with Crippen molar-refractivity contribution >= 4 is 11.6 Å². The third-order valence-electron chi connectivity index (χ3n) is 5.75. The summed E-state index contributed by atoms with van der Waals surface area (Å²) in [7, 11) is 0. The number of rotatable bonds is 3. The lowest BCUT2D eigenvalue weighted by Crippen LogP contribution is -2.48. The van der Waals surface area contributed by atoms with Gasteiger partial charge in [-0.1, -0.05) is 6.07 Å². The zero-order valence-corrected chi connectivity index (χ0v) is 16.2. The molecule has 1 amide bonds. The van der Waals surface area contributed by atoms with Crippen molar-refractivity contribution in [2.75, 3.05) is 18.0 Å². The van der Waals surface area contributed by atoms with Gasteiger partial charge in [-0.2, -0.15) is 13.2 Å². The van der Waals surface area contributed by atoms with E-state index in [1.165, 1.54) is 6.07 Å². The molecule has 2 aliphatic rings. The molecule has 0 aliphatic carbocycles. The lowest BCUT2D eigenvalue weighted by Gasteiger charge is -2.41. The third-order valence-corrected chi connectivity index (χ3v) is 5.75. The molecule has 29 heavy (non-hydrogen) atoms. The van der Waals surface area contributed by atoms with E-state index in [0.717, 1.165) is 23.4 Å². The molecule has 1 fully saturated rings. The molecule has 0 N–H and O–H groups in total.